The molecule has 0 saturated carbocycles. The SMILES string of the molecule is [2H]c1c(C=O)c2[nH]c1=CC1=NC(=CC3=NC(=CC4=NC(=C/C4=C/O)C=2)C=C3)C=C1. The Kier molecular flexibility index (Phi) is 3.37. The van der Waals surface area contributed by atoms with Gasteiger partial charge in [0.1, 0.15) is 0 Å². The number of rotatable bonds is 1. The molecule has 6 heteroatoms. The number of aromatic amines is 1. The summed E-state index contributed by atoms with van der Waals surface area (Å²) in [5.74, 6) is 0. The number of hydrogen-bond donors (Lipinski definition) is 2. The molecule has 0 amide bonds. The van der Waals surface area contributed by atoms with E-state index in [2.05, 4.69) is 20.0 Å². The van der Waals surface area contributed by atoms with E-state index in [0.29, 0.717) is 45.4 Å². The van der Waals surface area contributed by atoms with Gasteiger partial charge < -0.3 is 10.1 Å². The molecule has 0 saturated heterocycles. The summed E-state index contributed by atoms with van der Waals surface area (Å²) in [6.45, 7) is 0. The number of H-pyrrole nitrogens is 1. The van der Waals surface area contributed by atoms with Crippen LogP contribution < -0.4 is 10.7 Å². The highest BCUT2D eigenvalue weighted by atomic mass is 16.2. The summed E-state index contributed by atoms with van der Waals surface area (Å²) in [5, 5.41) is 10.5. The summed E-state index contributed by atoms with van der Waals surface area (Å²) in [6, 6.07) is 0.0957. The number of aliphatic hydroxyl groups excluding tert-OH is 1. The zero-order chi connectivity index (χ0) is 20.0. The van der Waals surface area contributed by atoms with Gasteiger partial charge in [-0.15, -0.1) is 0 Å². The van der Waals surface area contributed by atoms with Crippen molar-refractivity contribution in [2.75, 3.05) is 0 Å². The van der Waals surface area contributed by atoms with Gasteiger partial charge in [-0.1, -0.05) is 0 Å². The smallest absolute Gasteiger partial charge is 0.152 e. The second-order valence-electron chi connectivity index (χ2n) is 6.43. The van der Waals surface area contributed by atoms with Crippen molar-refractivity contribution >= 4 is 35.6 Å². The minimum Gasteiger partial charge on any atom is -0.515 e. The average Bonchev–Trinajstić information content (AvgIpc) is 3.46. The first kappa shape index (κ1) is 15.0. The molecule has 4 aliphatic heterocycles. The van der Waals surface area contributed by atoms with Crippen LogP contribution in [-0.2, 0) is 0 Å². The number of fused-ring (bicyclic) bond motifs is 5. The van der Waals surface area contributed by atoms with Crippen molar-refractivity contribution in [3.63, 3.8) is 0 Å². The lowest BCUT2D eigenvalue weighted by Crippen LogP contribution is -2.12. The summed E-state index contributed by atoms with van der Waals surface area (Å²) in [5.41, 5.74) is 4.76. The van der Waals surface area contributed by atoms with Crippen molar-refractivity contribution in [3.8, 4) is 0 Å². The van der Waals surface area contributed by atoms with Crippen molar-refractivity contribution in [1.29, 1.82) is 0 Å². The van der Waals surface area contributed by atoms with Crippen LogP contribution in [0.5, 0.6) is 0 Å². The lowest BCUT2D eigenvalue weighted by Gasteiger charge is -1.95. The van der Waals surface area contributed by atoms with Gasteiger partial charge in [0.25, 0.3) is 0 Å². The van der Waals surface area contributed by atoms with Crippen LogP contribution in [0.25, 0.3) is 12.2 Å². The molecule has 0 radical (unpaired) electrons. The molecule has 0 aromatic carbocycles. The molecule has 134 valence electrons. The summed E-state index contributed by atoms with van der Waals surface area (Å²) in [6.07, 6.45) is 17.8. The van der Waals surface area contributed by atoms with Gasteiger partial charge in [-0.2, -0.15) is 0 Å². The highest BCUT2D eigenvalue weighted by Gasteiger charge is 2.14. The average molecular weight is 367 g/mol. The molecule has 1 aromatic heterocycles. The third-order valence-electron chi connectivity index (χ3n) is 4.47. The van der Waals surface area contributed by atoms with E-state index in [1.54, 1.807) is 24.3 Å². The topological polar surface area (TPSA) is 90.2 Å². The summed E-state index contributed by atoms with van der Waals surface area (Å²) in [4.78, 5) is 28.3. The second-order valence-corrected chi connectivity index (χ2v) is 6.43. The maximum Gasteiger partial charge on any atom is 0.152 e. The van der Waals surface area contributed by atoms with Crippen LogP contribution in [-0.4, -0.2) is 33.5 Å². The first-order valence-electron chi connectivity index (χ1n) is 9.12. The second kappa shape index (κ2) is 6.28. The number of aromatic nitrogens is 1. The number of carbonyl (C=O) groups excluding carboxylic acids is 1. The van der Waals surface area contributed by atoms with Gasteiger partial charge in [0.2, 0.25) is 0 Å². The maximum atomic E-state index is 11.6. The Hall–Kier alpha value is -4.06. The van der Waals surface area contributed by atoms with Crippen molar-refractivity contribution < 1.29 is 11.3 Å². The maximum absolute atomic E-state index is 11.6. The summed E-state index contributed by atoms with van der Waals surface area (Å²) in [7, 11) is 0. The van der Waals surface area contributed by atoms with E-state index in [9.17, 15) is 9.90 Å². The zero-order valence-corrected chi connectivity index (χ0v) is 14.5. The molecular weight excluding hydrogens is 352 g/mol. The number of carbonyl (C=O) groups is 1. The largest absolute Gasteiger partial charge is 0.515 e. The molecule has 2 N–H and O–H groups in total. The number of hydrogen-bond acceptors (Lipinski definition) is 5. The molecule has 5 heterocycles. The number of aldehydes is 1. The van der Waals surface area contributed by atoms with Crippen LogP contribution in [0, 0.1) is 0 Å². The van der Waals surface area contributed by atoms with Crippen molar-refractivity contribution in [2.24, 2.45) is 15.0 Å². The fraction of sp³-hybridized carbons (Fsp3) is 0. The Bertz CT molecular complexity index is 1370. The fourth-order valence-electron chi connectivity index (χ4n) is 3.19. The summed E-state index contributed by atoms with van der Waals surface area (Å²) >= 11 is 0. The lowest BCUT2D eigenvalue weighted by atomic mass is 10.1. The molecule has 8 bridgehead atoms. The molecular formula is C22H14N4O2. The Morgan fingerprint density at radius 1 is 0.893 bits per heavy atom. The zero-order valence-electron chi connectivity index (χ0n) is 15.5. The van der Waals surface area contributed by atoms with E-state index in [-0.39, 0.29) is 11.6 Å². The van der Waals surface area contributed by atoms with E-state index in [1.165, 1.54) is 0 Å². The van der Waals surface area contributed by atoms with Gasteiger partial charge in [0, 0.05) is 16.5 Å². The van der Waals surface area contributed by atoms with Gasteiger partial charge in [-0.3, -0.25) is 4.79 Å². The number of aliphatic imine (C=N–C) groups is 3. The van der Waals surface area contributed by atoms with Crippen molar-refractivity contribution in [3.05, 3.63) is 93.8 Å². The fourth-order valence-corrected chi connectivity index (χ4v) is 3.19. The van der Waals surface area contributed by atoms with Crippen molar-refractivity contribution in [2.45, 2.75) is 0 Å². The molecule has 28 heavy (non-hydrogen) atoms. The molecule has 1 aromatic rings. The Morgan fingerprint density at radius 2 is 1.64 bits per heavy atom. The minimum absolute atomic E-state index is 0.0957. The van der Waals surface area contributed by atoms with Crippen LogP contribution in [0.1, 0.15) is 11.7 Å². The van der Waals surface area contributed by atoms with Crippen LogP contribution >= 0.6 is 0 Å². The van der Waals surface area contributed by atoms with Crippen molar-refractivity contribution in [1.82, 2.24) is 4.98 Å². The quantitative estimate of drug-likeness (QED) is 0.587. The van der Waals surface area contributed by atoms with Gasteiger partial charge in [-0.05, 0) is 60.7 Å². The Balaban J connectivity index is 1.79. The van der Waals surface area contributed by atoms with Gasteiger partial charge in [-0.25, -0.2) is 15.0 Å². The number of allylic oxidation sites excluding steroid dienone is 9. The van der Waals surface area contributed by atoms with Crippen LogP contribution in [0.3, 0.4) is 0 Å². The molecule has 0 fully saturated rings. The van der Waals surface area contributed by atoms with Crippen LogP contribution in [0.2, 0.25) is 0 Å². The first-order chi connectivity index (χ1) is 14.1. The third kappa shape index (κ3) is 2.87. The van der Waals surface area contributed by atoms with Crippen LogP contribution in [0.15, 0.2) is 92.5 Å². The highest BCUT2D eigenvalue weighted by molar-refractivity contribution is 6.20. The number of nitrogens with one attached hydrogen (secondary N) is 1. The van der Waals surface area contributed by atoms with E-state index in [0.717, 1.165) is 17.7 Å². The molecule has 0 aliphatic carbocycles. The van der Waals surface area contributed by atoms with E-state index in [4.69, 9.17) is 1.37 Å². The Labute approximate surface area is 161 Å². The van der Waals surface area contributed by atoms with E-state index >= 15 is 0 Å². The number of nitrogens with zero attached hydrogens (tertiary/aromatic N) is 3. The molecule has 0 atom stereocenters. The minimum atomic E-state index is 0.0957. The molecule has 4 aliphatic rings. The monoisotopic (exact) mass is 367 g/mol. The lowest BCUT2D eigenvalue weighted by molar-refractivity contribution is 0.112. The van der Waals surface area contributed by atoms with Gasteiger partial charge in [0.05, 0.1) is 47.2 Å². The Morgan fingerprint density at radius 3 is 2.39 bits per heavy atom. The highest BCUT2D eigenvalue weighted by Crippen LogP contribution is 2.21. The predicted molar refractivity (Wildman–Crippen MR) is 110 cm³/mol. The molecule has 0 spiro atoms. The molecule has 6 nitrogen and oxygen atoms in total. The third-order valence-corrected chi connectivity index (χ3v) is 4.47. The normalized spacial score (nSPS) is 21.1. The molecule has 5 rings (SSSR count). The van der Waals surface area contributed by atoms with Crippen LogP contribution in [0.4, 0.5) is 0 Å². The summed E-state index contributed by atoms with van der Waals surface area (Å²) < 4.78 is 8.31. The predicted octanol–water partition coefficient (Wildman–Crippen LogP) is 1.97. The van der Waals surface area contributed by atoms with E-state index in [1.807, 2.05) is 30.4 Å². The van der Waals surface area contributed by atoms with Gasteiger partial charge in [0.15, 0.2) is 6.29 Å². The number of aliphatic hydroxyl groups is 1. The van der Waals surface area contributed by atoms with Gasteiger partial charge >= 0.3 is 0 Å². The standard InChI is InChI=1S/C22H14N4O2/c27-11-13-5-19-8-17-2-1-15(23-17)7-16-3-4-18(24-16)9-21-14(12-28)6-20(26-21)10-22(13)25-19/h1-12,25,28H/b14-12-,15-7?,18-9?,19-8?,22-10?/i5D. The first-order valence-corrected chi connectivity index (χ1v) is 8.62. The van der Waals surface area contributed by atoms with E-state index < -0.39 is 0 Å². The molecule has 0 unspecified atom stereocenters.